The zero-order valence-corrected chi connectivity index (χ0v) is 15.5. The van der Waals surface area contributed by atoms with Crippen LogP contribution in [-0.2, 0) is 13.3 Å². The highest BCUT2D eigenvalue weighted by Gasteiger charge is 2.40. The Balaban J connectivity index is 2.70. The summed E-state index contributed by atoms with van der Waals surface area (Å²) in [6, 6.07) is 11.1. The van der Waals surface area contributed by atoms with Crippen LogP contribution in [0.15, 0.2) is 43.0 Å². The first-order valence-electron chi connectivity index (χ1n) is 7.91. The van der Waals surface area contributed by atoms with Crippen molar-refractivity contribution in [2.24, 2.45) is 11.7 Å². The molecule has 5 nitrogen and oxygen atoms in total. The highest BCUT2D eigenvalue weighted by molar-refractivity contribution is 6.60. The lowest BCUT2D eigenvalue weighted by atomic mass is 10.0. The van der Waals surface area contributed by atoms with Gasteiger partial charge in [-0.1, -0.05) is 36.4 Å². The molecule has 0 aromatic heterocycles. The van der Waals surface area contributed by atoms with E-state index in [2.05, 4.69) is 24.0 Å². The van der Waals surface area contributed by atoms with Crippen LogP contribution in [0.4, 0.5) is 0 Å². The van der Waals surface area contributed by atoms with Crippen LogP contribution >= 0.6 is 0 Å². The molecular formula is C17H30N2O3Si. The van der Waals surface area contributed by atoms with Crippen LogP contribution in [-0.4, -0.2) is 43.2 Å². The predicted octanol–water partition coefficient (Wildman–Crippen LogP) is 2.35. The highest BCUT2D eigenvalue weighted by atomic mass is 28.4. The summed E-state index contributed by atoms with van der Waals surface area (Å²) in [5, 5.41) is 3.55. The van der Waals surface area contributed by atoms with Gasteiger partial charge < -0.3 is 24.3 Å². The number of hydrogen-bond acceptors (Lipinski definition) is 5. The SMILES string of the molecule is C=CC(NCC(CCN)C[Si](OC)(OC)OC)c1ccccc1. The molecule has 0 radical (unpaired) electrons. The van der Waals surface area contributed by atoms with E-state index in [9.17, 15) is 0 Å². The molecule has 2 atom stereocenters. The Kier molecular flexibility index (Phi) is 9.31. The Bertz CT molecular complexity index is 432. The van der Waals surface area contributed by atoms with E-state index in [1.165, 1.54) is 5.56 Å². The average molecular weight is 339 g/mol. The molecule has 0 spiro atoms. The van der Waals surface area contributed by atoms with E-state index in [0.29, 0.717) is 12.5 Å². The first kappa shape index (κ1) is 20.0. The number of hydrogen-bond donors (Lipinski definition) is 2. The van der Waals surface area contributed by atoms with Crippen LogP contribution in [0.1, 0.15) is 18.0 Å². The monoisotopic (exact) mass is 338 g/mol. The maximum Gasteiger partial charge on any atom is 0.500 e. The minimum absolute atomic E-state index is 0.111. The second-order valence-electron chi connectivity index (χ2n) is 5.48. The van der Waals surface area contributed by atoms with E-state index in [1.54, 1.807) is 21.3 Å². The van der Waals surface area contributed by atoms with Crippen LogP contribution < -0.4 is 11.1 Å². The van der Waals surface area contributed by atoms with Crippen molar-refractivity contribution in [1.29, 1.82) is 0 Å². The third-order valence-electron chi connectivity index (χ3n) is 4.07. The largest absolute Gasteiger partial charge is 0.500 e. The molecule has 2 unspecified atom stereocenters. The number of nitrogens with one attached hydrogen (secondary N) is 1. The summed E-state index contributed by atoms with van der Waals surface area (Å²) in [6.07, 6.45) is 2.80. The number of benzene rings is 1. The fourth-order valence-electron chi connectivity index (χ4n) is 2.66. The lowest BCUT2D eigenvalue weighted by Crippen LogP contribution is -2.46. The molecule has 0 heterocycles. The zero-order chi connectivity index (χ0) is 17.1. The van der Waals surface area contributed by atoms with Gasteiger partial charge in [0.05, 0.1) is 6.04 Å². The van der Waals surface area contributed by atoms with E-state index >= 15 is 0 Å². The number of nitrogens with two attached hydrogens (primary N) is 1. The molecule has 0 amide bonds. The van der Waals surface area contributed by atoms with Gasteiger partial charge in [-0.15, -0.1) is 6.58 Å². The molecule has 3 N–H and O–H groups in total. The summed E-state index contributed by atoms with van der Waals surface area (Å²) in [6.45, 7) is 5.35. The van der Waals surface area contributed by atoms with Crippen molar-refractivity contribution in [2.75, 3.05) is 34.4 Å². The maximum absolute atomic E-state index is 5.77. The molecule has 0 fully saturated rings. The molecule has 0 aliphatic heterocycles. The molecule has 0 saturated carbocycles. The molecule has 1 aromatic carbocycles. The molecule has 0 saturated heterocycles. The fraction of sp³-hybridized carbons (Fsp3) is 0.529. The van der Waals surface area contributed by atoms with Gasteiger partial charge >= 0.3 is 8.80 Å². The molecule has 1 rings (SSSR count). The first-order valence-corrected chi connectivity index (χ1v) is 9.84. The van der Waals surface area contributed by atoms with Gasteiger partial charge in [-0.25, -0.2) is 0 Å². The smallest absolute Gasteiger partial charge is 0.377 e. The van der Waals surface area contributed by atoms with Crippen molar-refractivity contribution in [2.45, 2.75) is 18.5 Å². The van der Waals surface area contributed by atoms with Crippen molar-refractivity contribution in [3.8, 4) is 0 Å². The summed E-state index contributed by atoms with van der Waals surface area (Å²) < 4.78 is 16.6. The van der Waals surface area contributed by atoms with Gasteiger partial charge in [0.15, 0.2) is 0 Å². The van der Waals surface area contributed by atoms with Crippen LogP contribution in [0.25, 0.3) is 0 Å². The summed E-state index contributed by atoms with van der Waals surface area (Å²) in [7, 11) is 2.32. The summed E-state index contributed by atoms with van der Waals surface area (Å²) in [5.74, 6) is 0.317. The Morgan fingerprint density at radius 3 is 2.26 bits per heavy atom. The summed E-state index contributed by atoms with van der Waals surface area (Å²) in [5.41, 5.74) is 6.96. The van der Waals surface area contributed by atoms with Gasteiger partial charge in [-0.2, -0.15) is 0 Å². The molecule has 0 bridgehead atoms. The summed E-state index contributed by atoms with van der Waals surface area (Å²) >= 11 is 0. The third kappa shape index (κ3) is 6.17. The Hall–Kier alpha value is -1.02. The van der Waals surface area contributed by atoms with Gasteiger partial charge in [-0.05, 0) is 31.0 Å². The van der Waals surface area contributed by atoms with E-state index < -0.39 is 8.80 Å². The van der Waals surface area contributed by atoms with Crippen molar-refractivity contribution in [1.82, 2.24) is 5.32 Å². The van der Waals surface area contributed by atoms with Crippen molar-refractivity contribution < 1.29 is 13.3 Å². The molecular weight excluding hydrogens is 308 g/mol. The second kappa shape index (κ2) is 10.7. The normalized spacial score (nSPS) is 14.4. The Morgan fingerprint density at radius 1 is 1.17 bits per heavy atom. The van der Waals surface area contributed by atoms with Gasteiger partial charge in [-0.3, -0.25) is 0 Å². The zero-order valence-electron chi connectivity index (χ0n) is 14.5. The van der Waals surface area contributed by atoms with Crippen LogP contribution in [0.2, 0.25) is 6.04 Å². The summed E-state index contributed by atoms with van der Waals surface area (Å²) in [4.78, 5) is 0. The molecule has 0 aliphatic rings. The number of rotatable bonds is 12. The third-order valence-corrected chi connectivity index (χ3v) is 7.01. The van der Waals surface area contributed by atoms with Crippen molar-refractivity contribution in [3.63, 3.8) is 0 Å². The van der Waals surface area contributed by atoms with Crippen LogP contribution in [0.5, 0.6) is 0 Å². The lowest BCUT2D eigenvalue weighted by molar-refractivity contribution is 0.117. The average Bonchev–Trinajstić information content (AvgIpc) is 2.61. The topological polar surface area (TPSA) is 65.7 Å². The van der Waals surface area contributed by atoms with Gasteiger partial charge in [0, 0.05) is 27.4 Å². The molecule has 0 aliphatic carbocycles. The van der Waals surface area contributed by atoms with E-state index in [0.717, 1.165) is 19.0 Å². The van der Waals surface area contributed by atoms with E-state index in [4.69, 9.17) is 19.0 Å². The van der Waals surface area contributed by atoms with E-state index in [-0.39, 0.29) is 6.04 Å². The fourth-order valence-corrected chi connectivity index (χ4v) is 4.71. The first-order chi connectivity index (χ1) is 11.1. The van der Waals surface area contributed by atoms with Crippen molar-refractivity contribution >= 4 is 8.80 Å². The lowest BCUT2D eigenvalue weighted by Gasteiger charge is -2.29. The standard InChI is InChI=1S/C17H30N2O3Si/c1-5-17(16-9-7-6-8-10-16)19-13-15(11-12-18)14-23(20-2,21-3)22-4/h5-10,15,17,19H,1,11-14,18H2,2-4H3. The minimum Gasteiger partial charge on any atom is -0.377 e. The van der Waals surface area contributed by atoms with Gasteiger partial charge in [0.1, 0.15) is 0 Å². The van der Waals surface area contributed by atoms with Crippen LogP contribution in [0, 0.1) is 5.92 Å². The molecule has 23 heavy (non-hydrogen) atoms. The molecule has 130 valence electrons. The Morgan fingerprint density at radius 2 is 1.78 bits per heavy atom. The Labute approximate surface area is 141 Å². The van der Waals surface area contributed by atoms with Gasteiger partial charge in [0.25, 0.3) is 0 Å². The minimum atomic E-state index is -2.60. The highest BCUT2D eigenvalue weighted by Crippen LogP contribution is 2.22. The van der Waals surface area contributed by atoms with Gasteiger partial charge in [0.2, 0.25) is 0 Å². The quantitative estimate of drug-likeness (QED) is 0.452. The molecule has 1 aromatic rings. The van der Waals surface area contributed by atoms with Crippen LogP contribution in [0.3, 0.4) is 0 Å². The van der Waals surface area contributed by atoms with E-state index in [1.807, 2.05) is 24.3 Å². The van der Waals surface area contributed by atoms with Crippen molar-refractivity contribution in [3.05, 3.63) is 48.6 Å². The maximum atomic E-state index is 5.77. The molecule has 6 heteroatoms. The second-order valence-corrected chi connectivity index (χ2v) is 8.47. The predicted molar refractivity (Wildman–Crippen MR) is 96.1 cm³/mol.